The average molecular weight is 358 g/mol. The number of amides is 1. The Bertz CT molecular complexity index is 833. The Balaban J connectivity index is 1.62. The van der Waals surface area contributed by atoms with Gasteiger partial charge >= 0.3 is 0 Å². The predicted octanol–water partition coefficient (Wildman–Crippen LogP) is 2.58. The summed E-state index contributed by atoms with van der Waals surface area (Å²) in [7, 11) is -3.55. The Hall–Kier alpha value is -2.18. The smallest absolute Gasteiger partial charge is 0.240 e. The van der Waals surface area contributed by atoms with Gasteiger partial charge in [0.25, 0.3) is 0 Å². The standard InChI is InChI=1S/C19H22N2O3S/c1-2-15-8-10-18(11-9-15)25(23,24)20-13-16-12-19(22)21(14-16)17-6-4-3-5-7-17/h3-11,16,20H,2,12-14H2,1H3. The van der Waals surface area contributed by atoms with E-state index in [4.69, 9.17) is 0 Å². The van der Waals surface area contributed by atoms with E-state index in [1.807, 2.05) is 49.4 Å². The summed E-state index contributed by atoms with van der Waals surface area (Å²) in [6.07, 6.45) is 1.22. The van der Waals surface area contributed by atoms with Crippen LogP contribution in [0.25, 0.3) is 0 Å². The summed E-state index contributed by atoms with van der Waals surface area (Å²) in [5.74, 6) is 0.0000859. The van der Waals surface area contributed by atoms with Gasteiger partial charge in [-0.05, 0) is 42.2 Å². The third-order valence-electron chi connectivity index (χ3n) is 4.48. The Morgan fingerprint density at radius 2 is 1.76 bits per heavy atom. The van der Waals surface area contributed by atoms with Gasteiger partial charge in [0.1, 0.15) is 0 Å². The molecule has 2 aromatic carbocycles. The molecule has 0 aromatic heterocycles. The van der Waals surface area contributed by atoms with Crippen LogP contribution in [-0.2, 0) is 21.2 Å². The van der Waals surface area contributed by atoms with Crippen LogP contribution in [0.5, 0.6) is 0 Å². The second-order valence-electron chi connectivity index (χ2n) is 6.26. The quantitative estimate of drug-likeness (QED) is 0.863. The molecule has 3 rings (SSSR count). The highest BCUT2D eigenvalue weighted by atomic mass is 32.2. The minimum absolute atomic E-state index is 0.0302. The maximum atomic E-state index is 12.4. The molecule has 25 heavy (non-hydrogen) atoms. The van der Waals surface area contributed by atoms with Crippen LogP contribution in [0.1, 0.15) is 18.9 Å². The molecule has 1 saturated heterocycles. The van der Waals surface area contributed by atoms with Crippen molar-refractivity contribution in [1.29, 1.82) is 0 Å². The minimum Gasteiger partial charge on any atom is -0.312 e. The molecule has 1 heterocycles. The van der Waals surface area contributed by atoms with E-state index in [0.29, 0.717) is 13.0 Å². The van der Waals surface area contributed by atoms with Gasteiger partial charge in [0, 0.05) is 25.2 Å². The summed E-state index contributed by atoms with van der Waals surface area (Å²) in [5, 5.41) is 0. The van der Waals surface area contributed by atoms with Gasteiger partial charge in [0.15, 0.2) is 0 Å². The largest absolute Gasteiger partial charge is 0.312 e. The first-order chi connectivity index (χ1) is 12.0. The number of sulfonamides is 1. The van der Waals surface area contributed by atoms with Crippen molar-refractivity contribution < 1.29 is 13.2 Å². The number of para-hydroxylation sites is 1. The Kier molecular flexibility index (Phi) is 5.20. The molecule has 2 aromatic rings. The summed E-state index contributed by atoms with van der Waals surface area (Å²) < 4.78 is 27.5. The van der Waals surface area contributed by atoms with Crippen LogP contribution in [-0.4, -0.2) is 27.4 Å². The van der Waals surface area contributed by atoms with Gasteiger partial charge in [0.2, 0.25) is 15.9 Å². The van der Waals surface area contributed by atoms with Gasteiger partial charge in [-0.1, -0.05) is 37.3 Å². The summed E-state index contributed by atoms with van der Waals surface area (Å²) in [5.41, 5.74) is 1.95. The lowest BCUT2D eigenvalue weighted by molar-refractivity contribution is -0.117. The van der Waals surface area contributed by atoms with Crippen LogP contribution in [0, 0.1) is 5.92 Å². The van der Waals surface area contributed by atoms with Crippen molar-refractivity contribution in [3.05, 3.63) is 60.2 Å². The fourth-order valence-electron chi connectivity index (χ4n) is 2.99. The number of rotatable bonds is 6. The van der Waals surface area contributed by atoms with E-state index in [9.17, 15) is 13.2 Å². The number of nitrogens with one attached hydrogen (secondary N) is 1. The molecule has 6 heteroatoms. The molecule has 0 saturated carbocycles. The zero-order chi connectivity index (χ0) is 17.9. The topological polar surface area (TPSA) is 66.5 Å². The number of anilines is 1. The zero-order valence-corrected chi connectivity index (χ0v) is 15.0. The van der Waals surface area contributed by atoms with Gasteiger partial charge in [-0.3, -0.25) is 4.79 Å². The number of aryl methyl sites for hydroxylation is 1. The first kappa shape index (κ1) is 17.6. The predicted molar refractivity (Wildman–Crippen MR) is 97.9 cm³/mol. The number of carbonyl (C=O) groups excluding carboxylic acids is 1. The van der Waals surface area contributed by atoms with Gasteiger partial charge < -0.3 is 4.90 Å². The van der Waals surface area contributed by atoms with E-state index in [1.165, 1.54) is 0 Å². The van der Waals surface area contributed by atoms with Crippen molar-refractivity contribution in [1.82, 2.24) is 4.72 Å². The molecule has 0 bridgehead atoms. The van der Waals surface area contributed by atoms with Gasteiger partial charge in [-0.15, -0.1) is 0 Å². The highest BCUT2D eigenvalue weighted by molar-refractivity contribution is 7.89. The van der Waals surface area contributed by atoms with Crippen molar-refractivity contribution in [2.45, 2.75) is 24.7 Å². The van der Waals surface area contributed by atoms with Gasteiger partial charge in [-0.25, -0.2) is 13.1 Å². The Morgan fingerprint density at radius 1 is 1.08 bits per heavy atom. The van der Waals surface area contributed by atoms with E-state index in [0.717, 1.165) is 17.7 Å². The lowest BCUT2D eigenvalue weighted by Gasteiger charge is -2.17. The highest BCUT2D eigenvalue weighted by Crippen LogP contribution is 2.24. The van der Waals surface area contributed by atoms with Crippen molar-refractivity contribution in [3.63, 3.8) is 0 Å². The SMILES string of the molecule is CCc1ccc(S(=O)(=O)NCC2CC(=O)N(c3ccccc3)C2)cc1. The van der Waals surface area contributed by atoms with E-state index >= 15 is 0 Å². The summed E-state index contributed by atoms with van der Waals surface area (Å²) in [6, 6.07) is 16.3. The van der Waals surface area contributed by atoms with Crippen molar-refractivity contribution >= 4 is 21.6 Å². The summed E-state index contributed by atoms with van der Waals surface area (Å²) in [6.45, 7) is 2.81. The monoisotopic (exact) mass is 358 g/mol. The number of hydrogen-bond acceptors (Lipinski definition) is 3. The second kappa shape index (κ2) is 7.37. The van der Waals surface area contributed by atoms with E-state index in [-0.39, 0.29) is 23.3 Å². The maximum Gasteiger partial charge on any atom is 0.240 e. The molecule has 1 atom stereocenters. The fourth-order valence-corrected chi connectivity index (χ4v) is 4.11. The summed E-state index contributed by atoms with van der Waals surface area (Å²) >= 11 is 0. The molecule has 0 aliphatic carbocycles. The number of carbonyl (C=O) groups is 1. The zero-order valence-electron chi connectivity index (χ0n) is 14.2. The normalized spacial score (nSPS) is 17.9. The van der Waals surface area contributed by atoms with Crippen LogP contribution < -0.4 is 9.62 Å². The molecule has 132 valence electrons. The Morgan fingerprint density at radius 3 is 2.40 bits per heavy atom. The lowest BCUT2D eigenvalue weighted by Crippen LogP contribution is -2.31. The average Bonchev–Trinajstić information content (AvgIpc) is 3.02. The van der Waals surface area contributed by atoms with Crippen molar-refractivity contribution in [2.75, 3.05) is 18.0 Å². The molecule has 0 radical (unpaired) electrons. The number of hydrogen-bond donors (Lipinski definition) is 1. The molecule has 0 spiro atoms. The maximum absolute atomic E-state index is 12.4. The molecule has 1 unspecified atom stereocenters. The van der Waals surface area contributed by atoms with E-state index < -0.39 is 10.0 Å². The van der Waals surface area contributed by atoms with Crippen molar-refractivity contribution in [3.8, 4) is 0 Å². The van der Waals surface area contributed by atoms with Crippen LogP contribution >= 0.6 is 0 Å². The minimum atomic E-state index is -3.55. The van der Waals surface area contributed by atoms with Crippen LogP contribution in [0.4, 0.5) is 5.69 Å². The molecule has 1 aliphatic rings. The molecule has 1 fully saturated rings. The molecular formula is C19H22N2O3S. The van der Waals surface area contributed by atoms with E-state index in [2.05, 4.69) is 4.72 Å². The molecule has 5 nitrogen and oxygen atoms in total. The van der Waals surface area contributed by atoms with Gasteiger partial charge in [-0.2, -0.15) is 0 Å². The Labute approximate surface area is 148 Å². The third-order valence-corrected chi connectivity index (χ3v) is 5.92. The first-order valence-corrected chi connectivity index (χ1v) is 9.92. The van der Waals surface area contributed by atoms with Crippen LogP contribution in [0.3, 0.4) is 0 Å². The van der Waals surface area contributed by atoms with Gasteiger partial charge in [0.05, 0.1) is 4.90 Å². The highest BCUT2D eigenvalue weighted by Gasteiger charge is 2.31. The number of nitrogens with zero attached hydrogens (tertiary/aromatic N) is 1. The van der Waals surface area contributed by atoms with Crippen molar-refractivity contribution in [2.24, 2.45) is 5.92 Å². The first-order valence-electron chi connectivity index (χ1n) is 8.43. The molecule has 1 aliphatic heterocycles. The molecule has 1 N–H and O–H groups in total. The fraction of sp³-hybridized carbons (Fsp3) is 0.316. The number of benzene rings is 2. The van der Waals surface area contributed by atoms with E-state index in [1.54, 1.807) is 17.0 Å². The van der Waals surface area contributed by atoms with Crippen LogP contribution in [0.2, 0.25) is 0 Å². The van der Waals surface area contributed by atoms with Crippen LogP contribution in [0.15, 0.2) is 59.5 Å². The molecule has 1 amide bonds. The third kappa shape index (κ3) is 4.08. The second-order valence-corrected chi connectivity index (χ2v) is 8.03. The molecular weight excluding hydrogens is 336 g/mol. The lowest BCUT2D eigenvalue weighted by atomic mass is 10.1. The summed E-state index contributed by atoms with van der Waals surface area (Å²) in [4.78, 5) is 14.2.